The molecule has 1 unspecified atom stereocenters. The molecule has 1 amide bonds. The fourth-order valence-electron chi connectivity index (χ4n) is 4.44. The van der Waals surface area contributed by atoms with E-state index in [-0.39, 0.29) is 11.8 Å². The summed E-state index contributed by atoms with van der Waals surface area (Å²) in [6.07, 6.45) is 6.80. The van der Waals surface area contributed by atoms with Gasteiger partial charge in [-0.2, -0.15) is 0 Å². The molecule has 1 atom stereocenters. The summed E-state index contributed by atoms with van der Waals surface area (Å²) < 4.78 is 0. The number of rotatable bonds is 7. The van der Waals surface area contributed by atoms with Crippen LogP contribution in [0, 0.1) is 0 Å². The Balaban J connectivity index is 1.18. The van der Waals surface area contributed by atoms with Crippen LogP contribution < -0.4 is 10.2 Å². The number of hydrogen-bond donors (Lipinski definition) is 1. The number of anilines is 1. The van der Waals surface area contributed by atoms with E-state index in [9.17, 15) is 4.79 Å². The van der Waals surface area contributed by atoms with Gasteiger partial charge >= 0.3 is 0 Å². The molecule has 0 saturated carbocycles. The van der Waals surface area contributed by atoms with Crippen LogP contribution in [0.4, 0.5) is 5.13 Å². The molecule has 1 aliphatic carbocycles. The summed E-state index contributed by atoms with van der Waals surface area (Å²) in [7, 11) is 2.07. The molecule has 3 heterocycles. The molecular weight excluding hydrogens is 478 g/mol. The lowest BCUT2D eigenvalue weighted by Gasteiger charge is -2.23. The molecule has 0 fully saturated rings. The Bertz CT molecular complexity index is 1320. The maximum absolute atomic E-state index is 12.3. The van der Waals surface area contributed by atoms with E-state index in [1.54, 1.807) is 23.5 Å². The van der Waals surface area contributed by atoms with Crippen molar-refractivity contribution < 1.29 is 4.79 Å². The Morgan fingerprint density at radius 2 is 1.97 bits per heavy atom. The molecule has 3 aromatic heterocycles. The van der Waals surface area contributed by atoms with Crippen LogP contribution in [0.15, 0.2) is 66.3 Å². The van der Waals surface area contributed by atoms with Crippen molar-refractivity contribution >= 4 is 34.0 Å². The second-order valence-electron chi connectivity index (χ2n) is 8.77. The summed E-state index contributed by atoms with van der Waals surface area (Å²) in [4.78, 5) is 28.0. The zero-order valence-corrected chi connectivity index (χ0v) is 21.0. The van der Waals surface area contributed by atoms with Crippen LogP contribution in [0.5, 0.6) is 0 Å². The molecule has 5 rings (SSSR count). The molecule has 4 aromatic rings. The minimum atomic E-state index is -0.173. The third-order valence-corrected chi connectivity index (χ3v) is 7.45. The van der Waals surface area contributed by atoms with Gasteiger partial charge in [-0.3, -0.25) is 9.78 Å². The fourth-order valence-corrected chi connectivity index (χ4v) is 5.46. The maximum Gasteiger partial charge on any atom is 0.251 e. The van der Waals surface area contributed by atoms with E-state index in [0.29, 0.717) is 17.3 Å². The Labute approximate surface area is 214 Å². The van der Waals surface area contributed by atoms with Crippen molar-refractivity contribution in [3.05, 3.63) is 105 Å². The number of nitrogens with one attached hydrogen (secondary N) is 1. The highest BCUT2D eigenvalue weighted by Gasteiger charge is 2.25. The van der Waals surface area contributed by atoms with Crippen LogP contribution in [0.1, 0.15) is 57.2 Å². The molecule has 0 spiro atoms. The molecule has 0 saturated heterocycles. The smallest absolute Gasteiger partial charge is 0.251 e. The number of carbonyl (C=O) groups is 1. The van der Waals surface area contributed by atoms with Crippen LogP contribution in [0.2, 0.25) is 5.15 Å². The van der Waals surface area contributed by atoms with Crippen molar-refractivity contribution in [2.75, 3.05) is 11.9 Å². The Hall–Kier alpha value is -3.29. The number of halogens is 1. The van der Waals surface area contributed by atoms with Crippen LogP contribution in [-0.2, 0) is 19.5 Å². The highest BCUT2D eigenvalue weighted by atomic mass is 35.5. The average Bonchev–Trinajstić information content (AvgIpc) is 3.38. The van der Waals surface area contributed by atoms with Gasteiger partial charge in [0.1, 0.15) is 5.15 Å². The monoisotopic (exact) mass is 503 g/mol. The largest absolute Gasteiger partial charge is 0.348 e. The van der Waals surface area contributed by atoms with Crippen LogP contribution >= 0.6 is 22.9 Å². The Morgan fingerprint density at radius 1 is 1.14 bits per heavy atom. The summed E-state index contributed by atoms with van der Waals surface area (Å²) in [5, 5.41) is 6.42. The van der Waals surface area contributed by atoms with Crippen molar-refractivity contribution in [3.8, 4) is 0 Å². The van der Waals surface area contributed by atoms with Gasteiger partial charge in [-0.1, -0.05) is 41.9 Å². The minimum absolute atomic E-state index is 0.173. The van der Waals surface area contributed by atoms with Gasteiger partial charge in [0.2, 0.25) is 0 Å². The SMILES string of the molecule is CN(Cc1ccc(CNC(=O)c2ccnc(Cl)c2)cc1)c1nc(C2CCCc3cccnc32)cs1. The highest BCUT2D eigenvalue weighted by molar-refractivity contribution is 7.13. The van der Waals surface area contributed by atoms with Crippen molar-refractivity contribution in [3.63, 3.8) is 0 Å². The average molecular weight is 504 g/mol. The van der Waals surface area contributed by atoms with Gasteiger partial charge in [0.15, 0.2) is 5.13 Å². The summed E-state index contributed by atoms with van der Waals surface area (Å²) >= 11 is 7.55. The van der Waals surface area contributed by atoms with E-state index in [4.69, 9.17) is 16.6 Å². The first-order valence-electron chi connectivity index (χ1n) is 11.6. The lowest BCUT2D eigenvalue weighted by molar-refractivity contribution is 0.0951. The molecule has 0 bridgehead atoms. The van der Waals surface area contributed by atoms with Gasteiger partial charge in [-0.05, 0) is 54.2 Å². The molecule has 0 radical (unpaired) electrons. The van der Waals surface area contributed by atoms with Crippen molar-refractivity contribution in [1.29, 1.82) is 0 Å². The molecule has 1 N–H and O–H groups in total. The Kier molecular flexibility index (Phi) is 7.06. The fraction of sp³-hybridized carbons (Fsp3) is 0.259. The molecule has 6 nitrogen and oxygen atoms in total. The van der Waals surface area contributed by atoms with Gasteiger partial charge in [0.25, 0.3) is 5.91 Å². The number of aryl methyl sites for hydroxylation is 1. The van der Waals surface area contributed by atoms with Crippen LogP contribution in [0.3, 0.4) is 0 Å². The third kappa shape index (κ3) is 5.52. The summed E-state index contributed by atoms with van der Waals surface area (Å²) in [6.45, 7) is 1.20. The van der Waals surface area contributed by atoms with Gasteiger partial charge in [0.05, 0.1) is 11.4 Å². The standard InChI is InChI=1S/C27H26ClN5OS/c1-33(27-32-23(17-35-27)22-6-2-4-20-5-3-12-30-25(20)22)16-19-9-7-18(8-10-19)15-31-26(34)21-11-13-29-24(28)14-21/h3,5,7-14,17,22H,2,4,6,15-16H2,1H3,(H,31,34). The molecule has 8 heteroatoms. The van der Waals surface area contributed by atoms with Gasteiger partial charge < -0.3 is 10.2 Å². The second-order valence-corrected chi connectivity index (χ2v) is 9.99. The molecule has 35 heavy (non-hydrogen) atoms. The van der Waals surface area contributed by atoms with E-state index < -0.39 is 0 Å². The minimum Gasteiger partial charge on any atom is -0.348 e. The van der Waals surface area contributed by atoms with E-state index in [0.717, 1.165) is 35.8 Å². The van der Waals surface area contributed by atoms with E-state index in [1.807, 2.05) is 24.4 Å². The predicted octanol–water partition coefficient (Wildman–Crippen LogP) is 5.62. The third-order valence-electron chi connectivity index (χ3n) is 6.27. The number of benzene rings is 1. The van der Waals surface area contributed by atoms with Gasteiger partial charge in [-0.15, -0.1) is 11.3 Å². The number of aromatic nitrogens is 3. The first-order valence-corrected chi connectivity index (χ1v) is 12.9. The molecular formula is C27H26ClN5OS. The Morgan fingerprint density at radius 3 is 2.80 bits per heavy atom. The molecule has 1 aliphatic rings. The van der Waals surface area contributed by atoms with E-state index in [1.165, 1.54) is 29.4 Å². The van der Waals surface area contributed by atoms with Gasteiger partial charge in [-0.25, -0.2) is 9.97 Å². The number of pyridine rings is 2. The van der Waals surface area contributed by atoms with Crippen LogP contribution in [-0.4, -0.2) is 27.9 Å². The number of nitrogens with zero attached hydrogens (tertiary/aromatic N) is 4. The topological polar surface area (TPSA) is 71.0 Å². The quantitative estimate of drug-likeness (QED) is 0.331. The summed E-state index contributed by atoms with van der Waals surface area (Å²) in [5.74, 6) is 0.115. The first-order chi connectivity index (χ1) is 17.1. The van der Waals surface area contributed by atoms with Crippen molar-refractivity contribution in [2.45, 2.75) is 38.3 Å². The normalized spacial score (nSPS) is 14.9. The lowest BCUT2D eigenvalue weighted by Crippen LogP contribution is -2.22. The van der Waals surface area contributed by atoms with Gasteiger partial charge in [0, 0.05) is 49.4 Å². The number of amides is 1. The predicted molar refractivity (Wildman–Crippen MR) is 140 cm³/mol. The zero-order chi connectivity index (χ0) is 24.2. The molecule has 0 aliphatic heterocycles. The van der Waals surface area contributed by atoms with Crippen molar-refractivity contribution in [2.24, 2.45) is 0 Å². The first kappa shape index (κ1) is 23.5. The van der Waals surface area contributed by atoms with E-state index in [2.05, 4.69) is 50.8 Å². The van der Waals surface area contributed by atoms with Crippen molar-refractivity contribution in [1.82, 2.24) is 20.3 Å². The van der Waals surface area contributed by atoms with E-state index >= 15 is 0 Å². The number of hydrogen-bond acceptors (Lipinski definition) is 6. The lowest BCUT2D eigenvalue weighted by atomic mass is 9.85. The summed E-state index contributed by atoms with van der Waals surface area (Å²) in [6, 6.07) is 15.7. The maximum atomic E-state index is 12.3. The van der Waals surface area contributed by atoms with Crippen LogP contribution in [0.25, 0.3) is 0 Å². The highest BCUT2D eigenvalue weighted by Crippen LogP contribution is 2.37. The number of fused-ring (bicyclic) bond motifs is 1. The second kappa shape index (κ2) is 10.5. The number of thiazole rings is 1. The molecule has 1 aromatic carbocycles. The summed E-state index contributed by atoms with van der Waals surface area (Å²) in [5.41, 5.74) is 6.38. The number of carbonyl (C=O) groups excluding carboxylic acids is 1. The molecule has 178 valence electrons. The zero-order valence-electron chi connectivity index (χ0n) is 19.4.